The zero-order chi connectivity index (χ0) is 14.8. The molecule has 3 rings (SSSR count). The van der Waals surface area contributed by atoms with Crippen LogP contribution in [0.2, 0.25) is 0 Å². The number of rotatable bonds is 4. The number of carbonyl (C=O) groups is 1. The Morgan fingerprint density at radius 3 is 3.05 bits per heavy atom. The Morgan fingerprint density at radius 2 is 2.33 bits per heavy atom. The molecule has 1 aliphatic rings. The molecule has 0 bridgehead atoms. The number of hydrogen-bond acceptors (Lipinski definition) is 7. The molecule has 0 saturated carbocycles. The number of aromatic nitrogens is 4. The van der Waals surface area contributed by atoms with Gasteiger partial charge in [0.05, 0.1) is 13.7 Å². The SMILES string of the molecule is COc1ccc(C)cc1-n1nnnc1S[C@@H]1CCOC1=O. The summed E-state index contributed by atoms with van der Waals surface area (Å²) in [6.45, 7) is 2.43. The zero-order valence-electron chi connectivity index (χ0n) is 11.6. The Hall–Kier alpha value is -2.09. The summed E-state index contributed by atoms with van der Waals surface area (Å²) in [4.78, 5) is 11.6. The van der Waals surface area contributed by atoms with Crippen LogP contribution in [0.15, 0.2) is 23.4 Å². The lowest BCUT2D eigenvalue weighted by Crippen LogP contribution is -2.11. The highest BCUT2D eigenvalue weighted by atomic mass is 32.2. The van der Waals surface area contributed by atoms with E-state index in [4.69, 9.17) is 9.47 Å². The molecular formula is C13H14N4O3S. The maximum atomic E-state index is 11.6. The van der Waals surface area contributed by atoms with Crippen LogP contribution in [-0.4, -0.2) is 45.1 Å². The second-order valence-electron chi connectivity index (χ2n) is 4.61. The third kappa shape index (κ3) is 2.71. The van der Waals surface area contributed by atoms with Crippen molar-refractivity contribution in [2.75, 3.05) is 13.7 Å². The number of esters is 1. The molecule has 0 unspecified atom stereocenters. The van der Waals surface area contributed by atoms with Crippen LogP contribution < -0.4 is 4.74 Å². The fourth-order valence-electron chi connectivity index (χ4n) is 2.08. The van der Waals surface area contributed by atoms with Gasteiger partial charge in [-0.15, -0.1) is 5.10 Å². The Morgan fingerprint density at radius 1 is 1.48 bits per heavy atom. The summed E-state index contributed by atoms with van der Waals surface area (Å²) in [6, 6.07) is 5.75. The third-order valence-corrected chi connectivity index (χ3v) is 4.32. The molecule has 0 amide bonds. The van der Waals surface area contributed by atoms with Crippen LogP contribution in [0.3, 0.4) is 0 Å². The first-order valence-corrected chi connectivity index (χ1v) is 7.33. The number of thioether (sulfide) groups is 1. The van der Waals surface area contributed by atoms with Crippen molar-refractivity contribution >= 4 is 17.7 Å². The van der Waals surface area contributed by atoms with Gasteiger partial charge in [-0.2, -0.15) is 4.68 Å². The van der Waals surface area contributed by atoms with Crippen LogP contribution in [0.1, 0.15) is 12.0 Å². The summed E-state index contributed by atoms with van der Waals surface area (Å²) in [6.07, 6.45) is 0.668. The summed E-state index contributed by atoms with van der Waals surface area (Å²) >= 11 is 1.31. The van der Waals surface area contributed by atoms with Crippen LogP contribution in [-0.2, 0) is 9.53 Å². The number of hydrogen-bond donors (Lipinski definition) is 0. The van der Waals surface area contributed by atoms with E-state index < -0.39 is 0 Å². The second-order valence-corrected chi connectivity index (χ2v) is 5.78. The molecular weight excluding hydrogens is 292 g/mol. The third-order valence-electron chi connectivity index (χ3n) is 3.14. The first-order valence-electron chi connectivity index (χ1n) is 6.45. The van der Waals surface area contributed by atoms with Gasteiger partial charge >= 0.3 is 5.97 Å². The van der Waals surface area contributed by atoms with Gasteiger partial charge in [-0.25, -0.2) is 0 Å². The van der Waals surface area contributed by atoms with Crippen LogP contribution >= 0.6 is 11.8 Å². The van der Waals surface area contributed by atoms with Crippen LogP contribution in [0.4, 0.5) is 0 Å². The maximum absolute atomic E-state index is 11.6. The predicted octanol–water partition coefficient (Wildman–Crippen LogP) is 1.39. The Bertz CT molecular complexity index is 673. The van der Waals surface area contributed by atoms with Gasteiger partial charge < -0.3 is 9.47 Å². The number of methoxy groups -OCH3 is 1. The van der Waals surface area contributed by atoms with E-state index in [2.05, 4.69) is 15.5 Å². The van der Waals surface area contributed by atoms with Gasteiger partial charge in [0.2, 0.25) is 5.16 Å². The largest absolute Gasteiger partial charge is 0.494 e. The Balaban J connectivity index is 1.95. The van der Waals surface area contributed by atoms with E-state index in [1.54, 1.807) is 11.8 Å². The average molecular weight is 306 g/mol. The van der Waals surface area contributed by atoms with E-state index in [1.807, 2.05) is 25.1 Å². The topological polar surface area (TPSA) is 79.1 Å². The van der Waals surface area contributed by atoms with Crippen LogP contribution in [0, 0.1) is 6.92 Å². The van der Waals surface area contributed by atoms with Crippen molar-refractivity contribution in [2.24, 2.45) is 0 Å². The predicted molar refractivity (Wildman–Crippen MR) is 75.7 cm³/mol. The van der Waals surface area contributed by atoms with Crippen molar-refractivity contribution in [3.63, 3.8) is 0 Å². The van der Waals surface area contributed by atoms with Crippen molar-refractivity contribution in [1.29, 1.82) is 0 Å². The molecule has 2 aromatic rings. The molecule has 110 valence electrons. The number of tetrazole rings is 1. The van der Waals surface area contributed by atoms with Gasteiger partial charge in [0.15, 0.2) is 0 Å². The highest BCUT2D eigenvalue weighted by Crippen LogP contribution is 2.31. The first-order chi connectivity index (χ1) is 10.2. The Kier molecular flexibility index (Phi) is 3.78. The minimum atomic E-state index is -0.259. The summed E-state index contributed by atoms with van der Waals surface area (Å²) in [5.74, 6) is 0.453. The number of carbonyl (C=O) groups excluding carboxylic acids is 1. The van der Waals surface area contributed by atoms with Gasteiger partial charge in [-0.3, -0.25) is 4.79 Å². The average Bonchev–Trinajstić information content (AvgIpc) is 3.09. The molecule has 1 aromatic heterocycles. The highest BCUT2D eigenvalue weighted by Gasteiger charge is 2.30. The number of cyclic esters (lactones) is 1. The number of nitrogens with zero attached hydrogens (tertiary/aromatic N) is 4. The van der Waals surface area contributed by atoms with Crippen molar-refractivity contribution in [3.8, 4) is 11.4 Å². The standard InChI is InChI=1S/C13H14N4O3S/c1-8-3-4-10(19-2)9(7-8)17-13(14-15-16-17)21-11-5-6-20-12(11)18/h3-4,7,11H,5-6H2,1-2H3/t11-/m1/s1. The van der Waals surface area contributed by atoms with Crippen molar-refractivity contribution in [1.82, 2.24) is 20.2 Å². The van der Waals surface area contributed by atoms with E-state index in [0.29, 0.717) is 23.9 Å². The summed E-state index contributed by atoms with van der Waals surface area (Å²) in [7, 11) is 1.60. The molecule has 1 saturated heterocycles. The van der Waals surface area contributed by atoms with Gasteiger partial charge in [0, 0.05) is 6.42 Å². The summed E-state index contributed by atoms with van der Waals surface area (Å²) in [5.41, 5.74) is 1.81. The normalized spacial score (nSPS) is 17.8. The molecule has 1 aromatic carbocycles. The highest BCUT2D eigenvalue weighted by molar-refractivity contribution is 8.00. The number of ether oxygens (including phenoxy) is 2. The minimum absolute atomic E-state index is 0.217. The lowest BCUT2D eigenvalue weighted by atomic mass is 10.2. The summed E-state index contributed by atoms with van der Waals surface area (Å²) < 4.78 is 11.9. The quantitative estimate of drug-likeness (QED) is 0.790. The molecule has 7 nitrogen and oxygen atoms in total. The molecule has 1 atom stereocenters. The van der Waals surface area contributed by atoms with Crippen molar-refractivity contribution in [2.45, 2.75) is 23.8 Å². The molecule has 2 heterocycles. The fraction of sp³-hybridized carbons (Fsp3) is 0.385. The second kappa shape index (κ2) is 5.72. The molecule has 21 heavy (non-hydrogen) atoms. The van der Waals surface area contributed by atoms with E-state index in [1.165, 1.54) is 11.8 Å². The molecule has 0 radical (unpaired) electrons. The van der Waals surface area contributed by atoms with Crippen LogP contribution in [0.25, 0.3) is 5.69 Å². The van der Waals surface area contributed by atoms with Crippen molar-refractivity contribution < 1.29 is 14.3 Å². The smallest absolute Gasteiger partial charge is 0.319 e. The molecule has 1 aliphatic heterocycles. The maximum Gasteiger partial charge on any atom is 0.319 e. The fourth-order valence-corrected chi connectivity index (χ4v) is 3.03. The van der Waals surface area contributed by atoms with Crippen molar-refractivity contribution in [3.05, 3.63) is 23.8 Å². The molecule has 1 fully saturated rings. The Labute approximate surface area is 125 Å². The van der Waals surface area contributed by atoms with Crippen LogP contribution in [0.5, 0.6) is 5.75 Å². The van der Waals surface area contributed by atoms with E-state index in [-0.39, 0.29) is 11.2 Å². The molecule has 0 aliphatic carbocycles. The minimum Gasteiger partial charge on any atom is -0.494 e. The lowest BCUT2D eigenvalue weighted by Gasteiger charge is -2.11. The van der Waals surface area contributed by atoms with E-state index >= 15 is 0 Å². The number of aryl methyl sites for hydroxylation is 1. The van der Waals surface area contributed by atoms with E-state index in [9.17, 15) is 4.79 Å². The molecule has 0 N–H and O–H groups in total. The lowest BCUT2D eigenvalue weighted by molar-refractivity contribution is -0.137. The zero-order valence-corrected chi connectivity index (χ0v) is 12.5. The van der Waals surface area contributed by atoms with E-state index in [0.717, 1.165) is 11.3 Å². The molecule has 8 heteroatoms. The van der Waals surface area contributed by atoms with Gasteiger partial charge in [0.1, 0.15) is 16.7 Å². The summed E-state index contributed by atoms with van der Waals surface area (Å²) in [5, 5.41) is 12.0. The monoisotopic (exact) mass is 306 g/mol. The first kappa shape index (κ1) is 13.9. The number of benzene rings is 1. The van der Waals surface area contributed by atoms with Gasteiger partial charge in [-0.05, 0) is 35.0 Å². The molecule has 0 spiro atoms. The van der Waals surface area contributed by atoms with Gasteiger partial charge in [-0.1, -0.05) is 17.8 Å². The van der Waals surface area contributed by atoms with Gasteiger partial charge in [0.25, 0.3) is 0 Å².